The van der Waals surface area contributed by atoms with E-state index in [-0.39, 0.29) is 23.4 Å². The predicted octanol–water partition coefficient (Wildman–Crippen LogP) is 5.54. The molecule has 0 heterocycles. The average molecular weight is 478 g/mol. The molecule has 4 N–H and O–H groups in total. The van der Waals surface area contributed by atoms with E-state index in [0.29, 0.717) is 19.4 Å². The summed E-state index contributed by atoms with van der Waals surface area (Å²) in [7, 11) is 0. The molecule has 0 radical (unpaired) electrons. The monoisotopic (exact) mass is 477 g/mol. The number of rotatable bonds is 15. The molecule has 1 unspecified atom stereocenters. The third-order valence-corrected chi connectivity index (χ3v) is 6.34. The molecule has 5 heteroatoms. The van der Waals surface area contributed by atoms with Crippen LogP contribution in [0.2, 0.25) is 0 Å². The number of phenols is 3. The second-order valence-corrected chi connectivity index (χ2v) is 9.07. The zero-order valence-electron chi connectivity index (χ0n) is 20.7. The molecule has 0 spiro atoms. The molecule has 0 aliphatic rings. The Morgan fingerprint density at radius 1 is 0.829 bits per heavy atom. The molecule has 0 saturated carbocycles. The number of hydrogen-bond acceptors (Lipinski definition) is 5. The number of phenolic OH excluding ortho intramolecular Hbond substituents is 3. The lowest BCUT2D eigenvalue weighted by molar-refractivity contribution is 0.0482. The fourth-order valence-electron chi connectivity index (χ4n) is 4.31. The van der Waals surface area contributed by atoms with Gasteiger partial charge in [-0.25, -0.2) is 0 Å². The van der Waals surface area contributed by atoms with E-state index < -0.39 is 0 Å². The van der Waals surface area contributed by atoms with Crippen LogP contribution in [0.3, 0.4) is 0 Å². The maximum atomic E-state index is 10.5. The first-order valence-corrected chi connectivity index (χ1v) is 12.7. The average Bonchev–Trinajstić information content (AvgIpc) is 2.87. The van der Waals surface area contributed by atoms with Crippen LogP contribution in [-0.2, 0) is 30.4 Å². The molecule has 0 aromatic heterocycles. The Labute approximate surface area is 209 Å². The molecule has 0 saturated heterocycles. The van der Waals surface area contributed by atoms with Crippen LogP contribution in [0.15, 0.2) is 66.7 Å². The van der Waals surface area contributed by atoms with E-state index in [1.165, 1.54) is 5.56 Å². The van der Waals surface area contributed by atoms with Crippen molar-refractivity contribution in [2.45, 2.75) is 58.0 Å². The second-order valence-electron chi connectivity index (χ2n) is 9.07. The molecule has 188 valence electrons. The third kappa shape index (κ3) is 8.93. The molecule has 3 rings (SSSR count). The van der Waals surface area contributed by atoms with Gasteiger partial charge < -0.3 is 25.4 Å². The highest BCUT2D eigenvalue weighted by Crippen LogP contribution is 2.32. The van der Waals surface area contributed by atoms with Crippen LogP contribution in [0.4, 0.5) is 0 Å². The summed E-state index contributed by atoms with van der Waals surface area (Å²) in [5.74, 6) is 0.0856. The summed E-state index contributed by atoms with van der Waals surface area (Å²) in [5, 5.41) is 33.8. The van der Waals surface area contributed by atoms with Crippen molar-refractivity contribution in [1.29, 1.82) is 0 Å². The SMILES string of the molecule is CCCCC(CNCCc1ccc(O)c(O)c1CCc1cccc(O)c1)OCCc1ccccc1. The lowest BCUT2D eigenvalue weighted by Gasteiger charge is -2.19. The number of hydrogen-bond donors (Lipinski definition) is 4. The molecule has 3 aromatic rings. The van der Waals surface area contributed by atoms with E-state index in [1.54, 1.807) is 18.2 Å². The molecule has 0 bridgehead atoms. The Balaban J connectivity index is 1.51. The first-order chi connectivity index (χ1) is 17.1. The van der Waals surface area contributed by atoms with Crippen LogP contribution in [0.5, 0.6) is 17.2 Å². The van der Waals surface area contributed by atoms with Gasteiger partial charge in [0.25, 0.3) is 0 Å². The van der Waals surface area contributed by atoms with Crippen molar-refractivity contribution in [3.63, 3.8) is 0 Å². The number of benzene rings is 3. The van der Waals surface area contributed by atoms with Crippen molar-refractivity contribution < 1.29 is 20.1 Å². The lowest BCUT2D eigenvalue weighted by atomic mass is 9.96. The van der Waals surface area contributed by atoms with Crippen molar-refractivity contribution in [2.75, 3.05) is 19.7 Å². The van der Waals surface area contributed by atoms with Gasteiger partial charge in [-0.2, -0.15) is 0 Å². The van der Waals surface area contributed by atoms with E-state index in [1.807, 2.05) is 24.3 Å². The Kier molecular flexibility index (Phi) is 10.9. The Morgan fingerprint density at radius 2 is 1.63 bits per heavy atom. The van der Waals surface area contributed by atoms with Crippen molar-refractivity contribution in [2.24, 2.45) is 0 Å². The zero-order valence-corrected chi connectivity index (χ0v) is 20.7. The van der Waals surface area contributed by atoms with E-state index >= 15 is 0 Å². The Morgan fingerprint density at radius 3 is 2.40 bits per heavy atom. The summed E-state index contributed by atoms with van der Waals surface area (Å²) in [5.41, 5.74) is 4.06. The standard InChI is InChI=1S/C30H39NO4/c1-2-3-12-27(35-20-18-23-8-5-4-6-9-23)22-31-19-17-25-14-16-29(33)30(34)28(25)15-13-24-10-7-11-26(32)21-24/h4-11,14,16,21,27,31-34H,2-3,12-13,15,17-20,22H2,1H3. The molecule has 0 fully saturated rings. The first kappa shape index (κ1) is 26.6. The molecule has 0 aliphatic heterocycles. The maximum absolute atomic E-state index is 10.5. The van der Waals surface area contributed by atoms with Gasteiger partial charge in [0.1, 0.15) is 5.75 Å². The minimum Gasteiger partial charge on any atom is -0.508 e. The minimum atomic E-state index is -0.0981. The molecule has 1 atom stereocenters. The Hall–Kier alpha value is -3.02. The summed E-state index contributed by atoms with van der Waals surface area (Å²) in [4.78, 5) is 0. The van der Waals surface area contributed by atoms with Crippen molar-refractivity contribution >= 4 is 0 Å². The largest absolute Gasteiger partial charge is 0.508 e. The number of unbranched alkanes of at least 4 members (excludes halogenated alkanes) is 1. The smallest absolute Gasteiger partial charge is 0.160 e. The number of aromatic hydroxyl groups is 3. The molecular weight excluding hydrogens is 438 g/mol. The van der Waals surface area contributed by atoms with Gasteiger partial charge in [-0.15, -0.1) is 0 Å². The van der Waals surface area contributed by atoms with E-state index in [2.05, 4.69) is 36.5 Å². The summed E-state index contributed by atoms with van der Waals surface area (Å²) in [6, 6.07) is 21.0. The van der Waals surface area contributed by atoms with Gasteiger partial charge in [-0.3, -0.25) is 0 Å². The van der Waals surface area contributed by atoms with Crippen LogP contribution < -0.4 is 5.32 Å². The summed E-state index contributed by atoms with van der Waals surface area (Å²) in [6.07, 6.45) is 6.41. The zero-order chi connectivity index (χ0) is 24.9. The molecule has 5 nitrogen and oxygen atoms in total. The number of aryl methyl sites for hydroxylation is 1. The van der Waals surface area contributed by atoms with Crippen LogP contribution in [0.25, 0.3) is 0 Å². The summed E-state index contributed by atoms with van der Waals surface area (Å²) >= 11 is 0. The third-order valence-electron chi connectivity index (χ3n) is 6.34. The predicted molar refractivity (Wildman–Crippen MR) is 141 cm³/mol. The van der Waals surface area contributed by atoms with Gasteiger partial charge in [-0.1, -0.05) is 68.3 Å². The van der Waals surface area contributed by atoms with E-state index in [0.717, 1.165) is 61.9 Å². The molecule has 3 aromatic carbocycles. The van der Waals surface area contributed by atoms with Crippen LogP contribution in [0.1, 0.15) is 48.4 Å². The molecule has 35 heavy (non-hydrogen) atoms. The van der Waals surface area contributed by atoms with Crippen LogP contribution in [0, 0.1) is 0 Å². The minimum absolute atomic E-state index is 0.0484. The lowest BCUT2D eigenvalue weighted by Crippen LogP contribution is -2.31. The topological polar surface area (TPSA) is 82.0 Å². The quantitative estimate of drug-likeness (QED) is 0.171. The van der Waals surface area contributed by atoms with Gasteiger partial charge in [0, 0.05) is 12.1 Å². The van der Waals surface area contributed by atoms with Crippen LogP contribution >= 0.6 is 0 Å². The highest BCUT2D eigenvalue weighted by Gasteiger charge is 2.14. The van der Waals surface area contributed by atoms with Gasteiger partial charge in [0.15, 0.2) is 11.5 Å². The van der Waals surface area contributed by atoms with Crippen molar-refractivity contribution in [3.05, 3.63) is 89.0 Å². The highest BCUT2D eigenvalue weighted by molar-refractivity contribution is 5.49. The molecular formula is C30H39NO4. The van der Waals surface area contributed by atoms with Gasteiger partial charge >= 0.3 is 0 Å². The van der Waals surface area contributed by atoms with Crippen molar-refractivity contribution in [1.82, 2.24) is 5.32 Å². The van der Waals surface area contributed by atoms with Gasteiger partial charge in [0.05, 0.1) is 12.7 Å². The normalized spacial score (nSPS) is 12.0. The van der Waals surface area contributed by atoms with E-state index in [9.17, 15) is 15.3 Å². The van der Waals surface area contributed by atoms with Crippen LogP contribution in [-0.4, -0.2) is 41.1 Å². The molecule has 0 amide bonds. The maximum Gasteiger partial charge on any atom is 0.160 e. The van der Waals surface area contributed by atoms with E-state index in [4.69, 9.17) is 4.74 Å². The summed E-state index contributed by atoms with van der Waals surface area (Å²) in [6.45, 7) is 4.46. The first-order valence-electron chi connectivity index (χ1n) is 12.7. The van der Waals surface area contributed by atoms with Gasteiger partial charge in [-0.05, 0) is 73.5 Å². The molecule has 0 aliphatic carbocycles. The summed E-state index contributed by atoms with van der Waals surface area (Å²) < 4.78 is 6.20. The highest BCUT2D eigenvalue weighted by atomic mass is 16.5. The van der Waals surface area contributed by atoms with Crippen molar-refractivity contribution in [3.8, 4) is 17.2 Å². The number of ether oxygens (including phenoxy) is 1. The fraction of sp³-hybridized carbons (Fsp3) is 0.400. The second kappa shape index (κ2) is 14.4. The fourth-order valence-corrected chi connectivity index (χ4v) is 4.31. The number of nitrogens with one attached hydrogen (secondary N) is 1. The van der Waals surface area contributed by atoms with Gasteiger partial charge in [0.2, 0.25) is 0 Å². The Bertz CT molecular complexity index is 1020.